The molecule has 1 spiro atoms. The number of carbonyl (C=O) groups is 1. The van der Waals surface area contributed by atoms with Gasteiger partial charge in [-0.15, -0.1) is 23.5 Å². The van der Waals surface area contributed by atoms with Crippen molar-refractivity contribution >= 4 is 35.0 Å². The molecule has 0 amide bonds. The molecule has 6 rings (SSSR count). The molecule has 35 heavy (non-hydrogen) atoms. The predicted octanol–water partition coefficient (Wildman–Crippen LogP) is 7.79. The van der Waals surface area contributed by atoms with Gasteiger partial charge in [-0.1, -0.05) is 37.6 Å². The minimum atomic E-state index is -0.132. The number of nitrogens with zero attached hydrogens (tertiary/aromatic N) is 1. The van der Waals surface area contributed by atoms with Crippen molar-refractivity contribution in [1.29, 1.82) is 0 Å². The minimum Gasteiger partial charge on any atom is -0.372 e. The summed E-state index contributed by atoms with van der Waals surface area (Å²) < 4.78 is 0.373. The van der Waals surface area contributed by atoms with Crippen LogP contribution in [0, 0.1) is 35.0 Å². The molecule has 1 aromatic rings. The van der Waals surface area contributed by atoms with Gasteiger partial charge in [0.25, 0.3) is 0 Å². The van der Waals surface area contributed by atoms with Gasteiger partial charge in [-0.05, 0) is 99.7 Å². The minimum absolute atomic E-state index is 0.132. The standard InChI is InChI=1S/C31H43NOS2/c1-19(2)32(5)23-9-6-21(7-10-23)26-18-30(4)27(16-20(3)29(30)33)25-11-8-22-17-31(34-14-15-35-31)13-12-24(22)28(25)26/h6-7,9-10,17,19-20,24-28H,8,11-16,18H2,1-5H3/t20-,24?,25?,26?,27?,28?,30?/m1/s1. The highest BCUT2D eigenvalue weighted by Crippen LogP contribution is 2.67. The summed E-state index contributed by atoms with van der Waals surface area (Å²) in [5, 5.41) is 0. The number of ketones is 1. The molecule has 1 aliphatic heterocycles. The number of benzene rings is 1. The molecule has 0 aromatic heterocycles. The van der Waals surface area contributed by atoms with Crippen LogP contribution in [0.5, 0.6) is 0 Å². The van der Waals surface area contributed by atoms with E-state index < -0.39 is 0 Å². The van der Waals surface area contributed by atoms with Crippen LogP contribution in [-0.4, -0.2) is 34.5 Å². The maximum absolute atomic E-state index is 13.6. The number of fused-ring (bicyclic) bond motifs is 5. The maximum atomic E-state index is 13.6. The number of carbonyl (C=O) groups excluding carboxylic acids is 1. The lowest BCUT2D eigenvalue weighted by Crippen LogP contribution is -2.50. The number of allylic oxidation sites excluding steroid dienone is 1. The van der Waals surface area contributed by atoms with Gasteiger partial charge < -0.3 is 4.90 Å². The SMILES string of the molecule is CC(C)N(C)c1ccc(C2CC3(C)C(=O)[C@H](C)CC3C3CCC4=CC5(CCC4C23)SCCS5)cc1. The topological polar surface area (TPSA) is 20.3 Å². The summed E-state index contributed by atoms with van der Waals surface area (Å²) in [6.45, 7) is 9.06. The normalized spacial score (nSPS) is 39.8. The van der Waals surface area contributed by atoms with Crippen molar-refractivity contribution in [1.82, 2.24) is 0 Å². The highest BCUT2D eigenvalue weighted by molar-refractivity contribution is 8.21. The largest absolute Gasteiger partial charge is 0.372 e. The van der Waals surface area contributed by atoms with E-state index in [2.05, 4.69) is 93.5 Å². The van der Waals surface area contributed by atoms with E-state index in [0.717, 1.165) is 18.8 Å². The van der Waals surface area contributed by atoms with Crippen LogP contribution in [0.15, 0.2) is 35.9 Å². The Hall–Kier alpha value is -0.870. The Kier molecular flexibility index (Phi) is 6.19. The summed E-state index contributed by atoms with van der Waals surface area (Å²) >= 11 is 4.41. The van der Waals surface area contributed by atoms with Crippen molar-refractivity contribution in [3.63, 3.8) is 0 Å². The number of Topliss-reactive ketones (excluding diaryl/α,β-unsaturated/α-hetero) is 1. The van der Waals surface area contributed by atoms with Gasteiger partial charge in [0.15, 0.2) is 0 Å². The fraction of sp³-hybridized carbons (Fsp3) is 0.710. The van der Waals surface area contributed by atoms with E-state index in [1.165, 1.54) is 48.4 Å². The van der Waals surface area contributed by atoms with E-state index in [1.54, 1.807) is 5.57 Å². The van der Waals surface area contributed by atoms with E-state index in [-0.39, 0.29) is 11.3 Å². The third-order valence-corrected chi connectivity index (χ3v) is 14.2. The maximum Gasteiger partial charge on any atom is 0.141 e. The Balaban J connectivity index is 1.39. The first-order valence-electron chi connectivity index (χ1n) is 14.1. The van der Waals surface area contributed by atoms with Crippen molar-refractivity contribution in [3.05, 3.63) is 41.5 Å². The van der Waals surface area contributed by atoms with Gasteiger partial charge in [-0.25, -0.2) is 0 Å². The van der Waals surface area contributed by atoms with E-state index in [1.807, 2.05) is 0 Å². The Morgan fingerprint density at radius 3 is 2.46 bits per heavy atom. The molecular weight excluding hydrogens is 466 g/mol. The molecule has 6 unspecified atom stereocenters. The van der Waals surface area contributed by atoms with Crippen LogP contribution in [0.25, 0.3) is 0 Å². The molecular formula is C31H43NOS2. The number of rotatable bonds is 3. The molecule has 4 fully saturated rings. The molecule has 1 saturated heterocycles. The summed E-state index contributed by atoms with van der Waals surface area (Å²) in [6.07, 6.45) is 10.2. The summed E-state index contributed by atoms with van der Waals surface area (Å²) in [7, 11) is 2.19. The van der Waals surface area contributed by atoms with E-state index >= 15 is 0 Å². The summed E-state index contributed by atoms with van der Waals surface area (Å²) in [5.74, 6) is 6.63. The van der Waals surface area contributed by atoms with Gasteiger partial charge in [0.05, 0.1) is 4.08 Å². The Bertz CT molecular complexity index is 1010. The van der Waals surface area contributed by atoms with Crippen molar-refractivity contribution in [2.75, 3.05) is 23.5 Å². The summed E-state index contributed by atoms with van der Waals surface area (Å²) in [6, 6.07) is 9.98. The van der Waals surface area contributed by atoms with Crippen LogP contribution in [0.2, 0.25) is 0 Å². The van der Waals surface area contributed by atoms with Gasteiger partial charge in [0.2, 0.25) is 0 Å². The van der Waals surface area contributed by atoms with Crippen LogP contribution in [0.3, 0.4) is 0 Å². The smallest absolute Gasteiger partial charge is 0.141 e. The first-order valence-corrected chi connectivity index (χ1v) is 16.1. The number of hydrogen-bond donors (Lipinski definition) is 0. The molecule has 2 nitrogen and oxygen atoms in total. The molecule has 1 heterocycles. The summed E-state index contributed by atoms with van der Waals surface area (Å²) in [4.78, 5) is 15.9. The van der Waals surface area contributed by atoms with Crippen molar-refractivity contribution in [2.45, 2.75) is 82.3 Å². The second-order valence-electron chi connectivity index (χ2n) is 12.8. The molecule has 5 aliphatic rings. The van der Waals surface area contributed by atoms with Crippen molar-refractivity contribution < 1.29 is 4.79 Å². The highest BCUT2D eigenvalue weighted by atomic mass is 32.2. The quantitative estimate of drug-likeness (QED) is 0.387. The third kappa shape index (κ3) is 3.87. The van der Waals surface area contributed by atoms with Crippen molar-refractivity contribution in [3.8, 4) is 0 Å². The van der Waals surface area contributed by atoms with Gasteiger partial charge in [0, 0.05) is 41.6 Å². The fourth-order valence-corrected chi connectivity index (χ4v) is 12.0. The van der Waals surface area contributed by atoms with Crippen LogP contribution >= 0.6 is 23.5 Å². The van der Waals surface area contributed by atoms with E-state index in [4.69, 9.17) is 0 Å². The van der Waals surface area contributed by atoms with Gasteiger partial charge in [-0.3, -0.25) is 4.79 Å². The van der Waals surface area contributed by atoms with Crippen LogP contribution in [0.1, 0.15) is 77.7 Å². The zero-order chi connectivity index (χ0) is 24.5. The van der Waals surface area contributed by atoms with Crippen LogP contribution < -0.4 is 4.90 Å². The van der Waals surface area contributed by atoms with Gasteiger partial charge >= 0.3 is 0 Å². The molecule has 7 atom stereocenters. The van der Waals surface area contributed by atoms with E-state index in [0.29, 0.717) is 39.6 Å². The lowest BCUT2D eigenvalue weighted by atomic mass is 9.48. The average Bonchev–Trinajstić information content (AvgIpc) is 3.40. The zero-order valence-electron chi connectivity index (χ0n) is 22.3. The molecule has 190 valence electrons. The third-order valence-electron chi connectivity index (χ3n) is 10.8. The number of anilines is 1. The second-order valence-corrected chi connectivity index (χ2v) is 15.9. The molecule has 0 radical (unpaired) electrons. The molecule has 1 aromatic carbocycles. The molecule has 0 N–H and O–H groups in total. The molecule has 3 saturated carbocycles. The number of thioether (sulfide) groups is 2. The zero-order valence-corrected chi connectivity index (χ0v) is 23.9. The Labute approximate surface area is 221 Å². The van der Waals surface area contributed by atoms with E-state index in [9.17, 15) is 4.79 Å². The monoisotopic (exact) mass is 509 g/mol. The molecule has 4 heteroatoms. The average molecular weight is 510 g/mol. The predicted molar refractivity (Wildman–Crippen MR) is 152 cm³/mol. The first kappa shape index (κ1) is 24.5. The Morgan fingerprint density at radius 2 is 1.77 bits per heavy atom. The van der Waals surface area contributed by atoms with Gasteiger partial charge in [-0.2, -0.15) is 0 Å². The summed E-state index contributed by atoms with van der Waals surface area (Å²) in [5.41, 5.74) is 4.43. The molecule has 0 bridgehead atoms. The lowest BCUT2D eigenvalue weighted by Gasteiger charge is -2.56. The van der Waals surface area contributed by atoms with Crippen LogP contribution in [-0.2, 0) is 4.79 Å². The Morgan fingerprint density at radius 1 is 1.06 bits per heavy atom. The highest BCUT2D eigenvalue weighted by Gasteiger charge is 2.61. The number of hydrogen-bond acceptors (Lipinski definition) is 4. The molecule has 4 aliphatic carbocycles. The van der Waals surface area contributed by atoms with Crippen molar-refractivity contribution in [2.24, 2.45) is 35.0 Å². The second kappa shape index (κ2) is 8.86. The van der Waals surface area contributed by atoms with Gasteiger partial charge in [0.1, 0.15) is 5.78 Å². The first-order chi connectivity index (χ1) is 16.7. The van der Waals surface area contributed by atoms with Crippen LogP contribution in [0.4, 0.5) is 5.69 Å². The fourth-order valence-electron chi connectivity index (χ4n) is 8.85. The lowest BCUT2D eigenvalue weighted by molar-refractivity contribution is -0.134.